The predicted molar refractivity (Wildman–Crippen MR) is 39.8 cm³/mol. The number of hydrogen-bond acceptors (Lipinski definition) is 8. The number of hydrogen-bond donors (Lipinski definition) is 8. The summed E-state index contributed by atoms with van der Waals surface area (Å²) in [6.07, 6.45) is -2.44. The van der Waals surface area contributed by atoms with E-state index in [1.165, 1.54) is 0 Å². The Hall–Kier alpha value is -0.320. The summed E-state index contributed by atoms with van der Waals surface area (Å²) in [7, 11) is 0. The van der Waals surface area contributed by atoms with Gasteiger partial charge in [0.05, 0.1) is 0 Å². The Morgan fingerprint density at radius 2 is 1.29 bits per heavy atom. The van der Waals surface area contributed by atoms with Crippen molar-refractivity contribution in [1.29, 1.82) is 0 Å². The minimum atomic E-state index is -3.45. The summed E-state index contributed by atoms with van der Waals surface area (Å²) < 4.78 is 0. The van der Waals surface area contributed by atoms with Gasteiger partial charge < -0.3 is 35.7 Å². The Morgan fingerprint density at radius 3 is 1.43 bits per heavy atom. The molecule has 8 heteroatoms. The van der Waals surface area contributed by atoms with E-state index in [1.807, 2.05) is 0 Å². The quantitative estimate of drug-likeness (QED) is 0.200. The monoisotopic (exact) mass is 211 g/mol. The van der Waals surface area contributed by atoms with Crippen molar-refractivity contribution in [3.05, 3.63) is 0 Å². The van der Waals surface area contributed by atoms with Crippen LogP contribution < -0.4 is 5.73 Å². The van der Waals surface area contributed by atoms with E-state index in [9.17, 15) is 5.11 Å². The van der Waals surface area contributed by atoms with Gasteiger partial charge in [-0.05, 0) is 6.92 Å². The van der Waals surface area contributed by atoms with Gasteiger partial charge >= 0.3 is 0 Å². The highest BCUT2D eigenvalue weighted by atomic mass is 16.6. The lowest BCUT2D eigenvalue weighted by molar-refractivity contribution is -0.561. The molecule has 2 unspecified atom stereocenters. The van der Waals surface area contributed by atoms with Gasteiger partial charge in [0.1, 0.15) is 5.41 Å². The second-order valence-corrected chi connectivity index (χ2v) is 3.69. The van der Waals surface area contributed by atoms with Crippen LogP contribution in [0.15, 0.2) is 0 Å². The van der Waals surface area contributed by atoms with Gasteiger partial charge in [0, 0.05) is 0 Å². The third-order valence-corrected chi connectivity index (χ3v) is 3.05. The molecule has 0 aromatic carbocycles. The Labute approximate surface area is 78.5 Å². The molecule has 0 amide bonds. The van der Waals surface area contributed by atoms with Crippen LogP contribution in [-0.4, -0.2) is 59.3 Å². The zero-order chi connectivity index (χ0) is 11.6. The fraction of sp³-hybridized carbons (Fsp3) is 1.00. The van der Waals surface area contributed by atoms with E-state index < -0.39 is 29.0 Å². The molecule has 1 rings (SSSR count). The summed E-state index contributed by atoms with van der Waals surface area (Å²) in [5.41, 5.74) is -0.487. The smallest absolute Gasteiger partial charge is 0.264 e. The largest absolute Gasteiger partial charge is 0.370 e. The Morgan fingerprint density at radius 1 is 0.929 bits per heavy atom. The van der Waals surface area contributed by atoms with Crippen molar-refractivity contribution in [2.75, 3.05) is 0 Å². The predicted octanol–water partition coefficient (Wildman–Crippen LogP) is -4.67. The number of aliphatic hydroxyl groups is 7. The first-order chi connectivity index (χ1) is 5.94. The van der Waals surface area contributed by atoms with Crippen LogP contribution in [0.3, 0.4) is 0 Å². The van der Waals surface area contributed by atoms with Gasteiger partial charge in [0.15, 0.2) is 12.0 Å². The average Bonchev–Trinajstić information content (AvgIpc) is 2.00. The summed E-state index contributed by atoms with van der Waals surface area (Å²) in [4.78, 5) is 0. The van der Waals surface area contributed by atoms with E-state index >= 15 is 0 Å². The number of aliphatic hydroxyl groups excluding tert-OH is 1. The Balaban J connectivity index is 3.25. The highest BCUT2D eigenvalue weighted by Gasteiger charge is 2.88. The Kier molecular flexibility index (Phi) is 2.04. The Bertz CT molecular complexity index is 241. The highest BCUT2D eigenvalue weighted by molar-refractivity contribution is 5.24. The van der Waals surface area contributed by atoms with Gasteiger partial charge in [-0.1, -0.05) is 0 Å². The molecule has 0 aliphatic heterocycles. The zero-order valence-electron chi connectivity index (χ0n) is 7.29. The van der Waals surface area contributed by atoms with Crippen LogP contribution in [0.1, 0.15) is 6.92 Å². The van der Waals surface area contributed by atoms with Crippen LogP contribution in [0, 0.1) is 5.41 Å². The number of rotatable bonds is 1. The van der Waals surface area contributed by atoms with Crippen LogP contribution in [0.25, 0.3) is 0 Å². The molecule has 0 aromatic rings. The van der Waals surface area contributed by atoms with Crippen molar-refractivity contribution in [3.8, 4) is 0 Å². The van der Waals surface area contributed by atoms with Crippen LogP contribution >= 0.6 is 0 Å². The van der Waals surface area contributed by atoms with E-state index in [4.69, 9.17) is 36.4 Å². The van der Waals surface area contributed by atoms with Crippen LogP contribution in [0.5, 0.6) is 0 Å². The molecule has 8 nitrogen and oxygen atoms in total. The normalized spacial score (nSPS) is 45.0. The van der Waals surface area contributed by atoms with Crippen molar-refractivity contribution in [2.45, 2.75) is 30.5 Å². The maximum absolute atomic E-state index is 9.30. The standard InChI is InChI=1S/C6H13NO7/c1-3(2(8)9)4(7,10)6(13,14)5(3,11)12/h2,8-14H,7H2,1H3. The van der Waals surface area contributed by atoms with Gasteiger partial charge in [-0.25, -0.2) is 0 Å². The molecule has 0 bridgehead atoms. The molecule has 0 radical (unpaired) electrons. The second kappa shape index (κ2) is 2.43. The molecule has 2 atom stereocenters. The molecule has 1 fully saturated rings. The van der Waals surface area contributed by atoms with Gasteiger partial charge in [0.2, 0.25) is 5.79 Å². The van der Waals surface area contributed by atoms with Crippen molar-refractivity contribution in [3.63, 3.8) is 0 Å². The van der Waals surface area contributed by atoms with Gasteiger partial charge in [0.25, 0.3) is 5.79 Å². The van der Waals surface area contributed by atoms with Crippen molar-refractivity contribution in [1.82, 2.24) is 0 Å². The van der Waals surface area contributed by atoms with Gasteiger partial charge in [-0.2, -0.15) is 0 Å². The molecule has 0 aromatic heterocycles. The van der Waals surface area contributed by atoms with Crippen molar-refractivity contribution >= 4 is 0 Å². The van der Waals surface area contributed by atoms with Crippen molar-refractivity contribution < 1.29 is 35.7 Å². The molecular weight excluding hydrogens is 198 g/mol. The van der Waals surface area contributed by atoms with E-state index in [0.29, 0.717) is 0 Å². The molecule has 1 aliphatic rings. The molecule has 0 spiro atoms. The summed E-state index contributed by atoms with van der Waals surface area (Å²) in [6.45, 7) is 0.780. The lowest BCUT2D eigenvalue weighted by Crippen LogP contribution is -2.96. The van der Waals surface area contributed by atoms with Crippen LogP contribution in [0.4, 0.5) is 0 Å². The van der Waals surface area contributed by atoms with Crippen molar-refractivity contribution in [2.24, 2.45) is 11.1 Å². The summed E-state index contributed by atoms with van der Waals surface area (Å²) >= 11 is 0. The minimum Gasteiger partial charge on any atom is -0.370 e. The lowest BCUT2D eigenvalue weighted by atomic mass is 9.52. The highest BCUT2D eigenvalue weighted by Crippen LogP contribution is 2.59. The molecular formula is C6H13NO7. The van der Waals surface area contributed by atoms with E-state index in [0.717, 1.165) is 6.92 Å². The second-order valence-electron chi connectivity index (χ2n) is 3.69. The molecule has 14 heavy (non-hydrogen) atoms. The number of nitrogens with two attached hydrogens (primary N) is 1. The molecule has 84 valence electrons. The topological polar surface area (TPSA) is 168 Å². The molecule has 0 saturated heterocycles. The molecule has 1 saturated carbocycles. The first-order valence-corrected chi connectivity index (χ1v) is 3.71. The molecule has 9 N–H and O–H groups in total. The minimum absolute atomic E-state index is 0.780. The average molecular weight is 211 g/mol. The third kappa shape index (κ3) is 0.767. The lowest BCUT2D eigenvalue weighted by Gasteiger charge is -2.67. The van der Waals surface area contributed by atoms with Crippen LogP contribution in [-0.2, 0) is 0 Å². The van der Waals surface area contributed by atoms with Gasteiger partial charge in [-0.3, -0.25) is 5.73 Å². The third-order valence-electron chi connectivity index (χ3n) is 3.05. The fourth-order valence-electron chi connectivity index (χ4n) is 1.57. The fourth-order valence-corrected chi connectivity index (χ4v) is 1.57. The summed E-state index contributed by atoms with van der Waals surface area (Å²) in [6, 6.07) is 0. The first kappa shape index (κ1) is 11.8. The van der Waals surface area contributed by atoms with E-state index in [2.05, 4.69) is 0 Å². The first-order valence-electron chi connectivity index (χ1n) is 3.71. The van der Waals surface area contributed by atoms with E-state index in [-0.39, 0.29) is 0 Å². The molecule has 0 heterocycles. The maximum Gasteiger partial charge on any atom is 0.264 e. The maximum atomic E-state index is 9.30. The summed E-state index contributed by atoms with van der Waals surface area (Å²) in [5.74, 6) is -6.78. The van der Waals surface area contributed by atoms with Gasteiger partial charge in [-0.15, -0.1) is 0 Å². The summed E-state index contributed by atoms with van der Waals surface area (Å²) in [5, 5.41) is 63.3. The molecule has 1 aliphatic carbocycles. The van der Waals surface area contributed by atoms with E-state index in [1.54, 1.807) is 0 Å². The van der Waals surface area contributed by atoms with Crippen LogP contribution in [0.2, 0.25) is 0 Å². The SMILES string of the molecule is CC1(C(O)O)C(N)(O)C(O)(O)C1(O)O. The zero-order valence-corrected chi connectivity index (χ0v) is 7.29.